The maximum atomic E-state index is 12.4. The van der Waals surface area contributed by atoms with Crippen molar-refractivity contribution in [3.63, 3.8) is 0 Å². The van der Waals surface area contributed by atoms with E-state index in [0.717, 1.165) is 5.56 Å². The molecule has 1 saturated heterocycles. The monoisotopic (exact) mass is 360 g/mol. The van der Waals surface area contributed by atoms with Crippen molar-refractivity contribution in [2.45, 2.75) is 11.4 Å². The molecule has 3 rings (SSSR count). The second kappa shape index (κ2) is 7.77. The fourth-order valence-corrected chi connectivity index (χ4v) is 3.60. The van der Waals surface area contributed by atoms with E-state index in [1.165, 1.54) is 12.1 Å². The highest BCUT2D eigenvalue weighted by Crippen LogP contribution is 2.14. The van der Waals surface area contributed by atoms with Gasteiger partial charge in [-0.2, -0.15) is 0 Å². The number of nitrogens with one attached hydrogen (secondary N) is 1. The lowest BCUT2D eigenvalue weighted by Crippen LogP contribution is -2.40. The van der Waals surface area contributed by atoms with Gasteiger partial charge in [0.15, 0.2) is 0 Å². The van der Waals surface area contributed by atoms with Gasteiger partial charge >= 0.3 is 0 Å². The highest BCUT2D eigenvalue weighted by Gasteiger charge is 2.20. The van der Waals surface area contributed by atoms with Crippen LogP contribution >= 0.6 is 0 Å². The summed E-state index contributed by atoms with van der Waals surface area (Å²) in [6, 6.07) is 15.3. The van der Waals surface area contributed by atoms with Crippen molar-refractivity contribution in [3.8, 4) is 0 Å². The molecular formula is C18H20N2O4S. The van der Waals surface area contributed by atoms with Gasteiger partial charge in [-0.25, -0.2) is 13.1 Å². The molecule has 7 heteroatoms. The normalized spacial score (nSPS) is 15.1. The summed E-state index contributed by atoms with van der Waals surface area (Å²) in [7, 11) is -3.62. The number of carbonyl (C=O) groups is 1. The Bertz CT molecular complexity index is 814. The van der Waals surface area contributed by atoms with Gasteiger partial charge in [-0.3, -0.25) is 4.79 Å². The van der Waals surface area contributed by atoms with E-state index in [1.807, 2.05) is 30.3 Å². The number of carbonyl (C=O) groups excluding carboxylic acids is 1. The number of rotatable bonds is 5. The Labute approximate surface area is 147 Å². The number of amides is 1. The Balaban J connectivity index is 1.67. The van der Waals surface area contributed by atoms with Gasteiger partial charge in [0.25, 0.3) is 5.91 Å². The molecule has 1 N–H and O–H groups in total. The van der Waals surface area contributed by atoms with E-state index in [-0.39, 0.29) is 17.3 Å². The molecule has 1 amide bonds. The molecule has 0 radical (unpaired) electrons. The smallest absolute Gasteiger partial charge is 0.254 e. The Hall–Kier alpha value is -2.22. The SMILES string of the molecule is O=C(c1ccc(S(=O)(=O)NCc2ccccc2)cc1)N1CCOCC1. The summed E-state index contributed by atoms with van der Waals surface area (Å²) in [5.41, 5.74) is 1.36. The Morgan fingerprint density at radius 1 is 1.00 bits per heavy atom. The predicted octanol–water partition coefficient (Wildman–Crippen LogP) is 1.64. The molecule has 1 heterocycles. The third-order valence-corrected chi connectivity index (χ3v) is 5.44. The van der Waals surface area contributed by atoms with Crippen LogP contribution in [0.3, 0.4) is 0 Å². The first-order chi connectivity index (χ1) is 12.1. The standard InChI is InChI=1S/C18H20N2O4S/c21-18(20-10-12-24-13-11-20)16-6-8-17(9-7-16)25(22,23)19-14-15-4-2-1-3-5-15/h1-9,19H,10-14H2. The van der Waals surface area contributed by atoms with Gasteiger partial charge in [0, 0.05) is 25.2 Å². The molecule has 0 spiro atoms. The van der Waals surface area contributed by atoms with Crippen LogP contribution in [-0.4, -0.2) is 45.5 Å². The van der Waals surface area contributed by atoms with Gasteiger partial charge in [0.2, 0.25) is 10.0 Å². The zero-order chi connectivity index (χ0) is 17.7. The van der Waals surface area contributed by atoms with E-state index in [1.54, 1.807) is 17.0 Å². The van der Waals surface area contributed by atoms with Gasteiger partial charge in [-0.15, -0.1) is 0 Å². The number of ether oxygens (including phenoxy) is 1. The van der Waals surface area contributed by atoms with Crippen LogP contribution < -0.4 is 4.72 Å². The minimum atomic E-state index is -3.62. The molecule has 0 atom stereocenters. The van der Waals surface area contributed by atoms with E-state index in [4.69, 9.17) is 4.74 Å². The molecule has 0 saturated carbocycles. The van der Waals surface area contributed by atoms with Crippen LogP contribution in [0.4, 0.5) is 0 Å². The maximum absolute atomic E-state index is 12.4. The summed E-state index contributed by atoms with van der Waals surface area (Å²) in [5, 5.41) is 0. The molecule has 1 fully saturated rings. The second-order valence-corrected chi connectivity index (χ2v) is 7.51. The lowest BCUT2D eigenvalue weighted by Gasteiger charge is -2.26. The van der Waals surface area contributed by atoms with Crippen molar-refractivity contribution in [1.29, 1.82) is 0 Å². The zero-order valence-electron chi connectivity index (χ0n) is 13.7. The van der Waals surface area contributed by atoms with Gasteiger partial charge in [0.05, 0.1) is 18.1 Å². The minimum Gasteiger partial charge on any atom is -0.378 e. The molecule has 132 valence electrons. The lowest BCUT2D eigenvalue weighted by atomic mass is 10.2. The van der Waals surface area contributed by atoms with Crippen LogP contribution in [0.2, 0.25) is 0 Å². The molecular weight excluding hydrogens is 340 g/mol. The van der Waals surface area contributed by atoms with Crippen molar-refractivity contribution in [1.82, 2.24) is 9.62 Å². The third kappa shape index (κ3) is 4.45. The summed E-state index contributed by atoms with van der Waals surface area (Å²) >= 11 is 0. The lowest BCUT2D eigenvalue weighted by molar-refractivity contribution is 0.0303. The average Bonchev–Trinajstić information content (AvgIpc) is 2.67. The van der Waals surface area contributed by atoms with E-state index in [0.29, 0.717) is 31.9 Å². The average molecular weight is 360 g/mol. The van der Waals surface area contributed by atoms with Gasteiger partial charge in [0.1, 0.15) is 0 Å². The molecule has 0 bridgehead atoms. The number of nitrogens with zero attached hydrogens (tertiary/aromatic N) is 1. The van der Waals surface area contributed by atoms with Crippen molar-refractivity contribution < 1.29 is 17.9 Å². The first-order valence-electron chi connectivity index (χ1n) is 8.07. The summed E-state index contributed by atoms with van der Waals surface area (Å²) in [6.07, 6.45) is 0. The summed E-state index contributed by atoms with van der Waals surface area (Å²) in [5.74, 6) is -0.107. The molecule has 0 unspecified atom stereocenters. The summed E-state index contributed by atoms with van der Waals surface area (Å²) in [4.78, 5) is 14.2. The van der Waals surface area contributed by atoms with Crippen molar-refractivity contribution >= 4 is 15.9 Å². The second-order valence-electron chi connectivity index (χ2n) is 5.74. The van der Waals surface area contributed by atoms with Gasteiger partial charge in [-0.05, 0) is 29.8 Å². The minimum absolute atomic E-state index is 0.107. The first-order valence-corrected chi connectivity index (χ1v) is 9.55. The topological polar surface area (TPSA) is 75.7 Å². The van der Waals surface area contributed by atoms with E-state index in [9.17, 15) is 13.2 Å². The summed E-state index contributed by atoms with van der Waals surface area (Å²) in [6.45, 7) is 2.38. The van der Waals surface area contributed by atoms with Crippen molar-refractivity contribution in [2.24, 2.45) is 0 Å². The van der Waals surface area contributed by atoms with Crippen LogP contribution in [-0.2, 0) is 21.3 Å². The molecule has 1 aliphatic rings. The Kier molecular flexibility index (Phi) is 5.47. The fourth-order valence-electron chi connectivity index (χ4n) is 2.58. The van der Waals surface area contributed by atoms with Crippen LogP contribution in [0.5, 0.6) is 0 Å². The van der Waals surface area contributed by atoms with Gasteiger partial charge < -0.3 is 9.64 Å². The number of sulfonamides is 1. The molecule has 6 nitrogen and oxygen atoms in total. The van der Waals surface area contributed by atoms with E-state index >= 15 is 0 Å². The van der Waals surface area contributed by atoms with Gasteiger partial charge in [-0.1, -0.05) is 30.3 Å². The predicted molar refractivity (Wildman–Crippen MR) is 93.6 cm³/mol. The molecule has 1 aliphatic heterocycles. The summed E-state index contributed by atoms with van der Waals surface area (Å²) < 4.78 is 32.5. The van der Waals surface area contributed by atoms with Crippen LogP contribution in [0.25, 0.3) is 0 Å². The molecule has 0 aromatic heterocycles. The van der Waals surface area contributed by atoms with Crippen LogP contribution in [0, 0.1) is 0 Å². The Morgan fingerprint density at radius 2 is 1.64 bits per heavy atom. The first kappa shape index (κ1) is 17.6. The van der Waals surface area contributed by atoms with Crippen LogP contribution in [0.15, 0.2) is 59.5 Å². The molecule has 2 aromatic carbocycles. The molecule has 0 aliphatic carbocycles. The number of benzene rings is 2. The number of hydrogen-bond acceptors (Lipinski definition) is 4. The zero-order valence-corrected chi connectivity index (χ0v) is 14.5. The largest absolute Gasteiger partial charge is 0.378 e. The van der Waals surface area contributed by atoms with E-state index in [2.05, 4.69) is 4.72 Å². The third-order valence-electron chi connectivity index (χ3n) is 4.02. The van der Waals surface area contributed by atoms with Crippen molar-refractivity contribution in [3.05, 3.63) is 65.7 Å². The van der Waals surface area contributed by atoms with E-state index < -0.39 is 10.0 Å². The quantitative estimate of drug-likeness (QED) is 0.879. The maximum Gasteiger partial charge on any atom is 0.254 e. The number of hydrogen-bond donors (Lipinski definition) is 1. The number of morpholine rings is 1. The Morgan fingerprint density at radius 3 is 2.28 bits per heavy atom. The highest BCUT2D eigenvalue weighted by molar-refractivity contribution is 7.89. The van der Waals surface area contributed by atoms with Crippen molar-refractivity contribution in [2.75, 3.05) is 26.3 Å². The molecule has 2 aromatic rings. The fraction of sp³-hybridized carbons (Fsp3) is 0.278. The molecule has 25 heavy (non-hydrogen) atoms. The van der Waals surface area contributed by atoms with Crippen LogP contribution in [0.1, 0.15) is 15.9 Å². The highest BCUT2D eigenvalue weighted by atomic mass is 32.2.